The summed E-state index contributed by atoms with van der Waals surface area (Å²) in [7, 11) is 0. The van der Waals surface area contributed by atoms with E-state index in [1.54, 1.807) is 12.1 Å². The number of aliphatic hydroxyl groups is 1. The van der Waals surface area contributed by atoms with Crippen LogP contribution in [0, 0.1) is 29.6 Å². The zero-order chi connectivity index (χ0) is 27.2. The summed E-state index contributed by atoms with van der Waals surface area (Å²) in [6.45, 7) is 6.52. The summed E-state index contributed by atoms with van der Waals surface area (Å²) in [5.41, 5.74) is 1.76. The van der Waals surface area contributed by atoms with E-state index in [2.05, 4.69) is 30.5 Å². The van der Waals surface area contributed by atoms with Crippen LogP contribution in [-0.4, -0.2) is 47.8 Å². The molecular weight excluding hydrogens is 482 g/mol. The number of rotatable bonds is 9. The van der Waals surface area contributed by atoms with Crippen LogP contribution in [0.15, 0.2) is 54.1 Å². The van der Waals surface area contributed by atoms with E-state index < -0.39 is 6.10 Å². The highest BCUT2D eigenvalue weighted by molar-refractivity contribution is 5.94. The van der Waals surface area contributed by atoms with Crippen LogP contribution in [0.2, 0.25) is 0 Å². The molecule has 2 aliphatic carbocycles. The first-order valence-corrected chi connectivity index (χ1v) is 14.1. The van der Waals surface area contributed by atoms with Crippen LogP contribution < -0.4 is 5.32 Å². The molecule has 1 saturated heterocycles. The Hall–Kier alpha value is -2.93. The lowest BCUT2D eigenvalue weighted by Crippen LogP contribution is -2.44. The number of nitrogens with one attached hydrogen (secondary N) is 1. The molecular formula is C31H41NO6. The Morgan fingerprint density at radius 2 is 1.95 bits per heavy atom. The molecule has 1 aromatic carbocycles. The van der Waals surface area contributed by atoms with Gasteiger partial charge >= 0.3 is 11.9 Å². The Morgan fingerprint density at radius 1 is 1.18 bits per heavy atom. The van der Waals surface area contributed by atoms with Gasteiger partial charge < -0.3 is 19.9 Å². The highest BCUT2D eigenvalue weighted by Gasteiger charge is 2.43. The number of allylic oxidation sites excluding steroid dienone is 2. The van der Waals surface area contributed by atoms with Crippen LogP contribution in [0.3, 0.4) is 0 Å². The first kappa shape index (κ1) is 28.1. The summed E-state index contributed by atoms with van der Waals surface area (Å²) in [6, 6.07) is 9.15. The molecule has 7 nitrogen and oxygen atoms in total. The third kappa shape index (κ3) is 6.93. The molecule has 206 valence electrons. The fourth-order valence-electron chi connectivity index (χ4n) is 6.00. The number of ether oxygens (including phenoxy) is 2. The summed E-state index contributed by atoms with van der Waals surface area (Å²) in [4.78, 5) is 37.4. The molecule has 1 aliphatic heterocycles. The van der Waals surface area contributed by atoms with Gasteiger partial charge in [0.05, 0.1) is 18.4 Å². The third-order valence-electron chi connectivity index (χ3n) is 8.38. The van der Waals surface area contributed by atoms with E-state index >= 15 is 0 Å². The molecule has 0 spiro atoms. The Kier molecular flexibility index (Phi) is 9.42. The van der Waals surface area contributed by atoms with Gasteiger partial charge in [-0.05, 0) is 61.1 Å². The minimum Gasteiger partial charge on any atom is -0.462 e. The highest BCUT2D eigenvalue weighted by Crippen LogP contribution is 2.45. The Labute approximate surface area is 225 Å². The number of cyclic esters (lactones) is 1. The van der Waals surface area contributed by atoms with E-state index in [9.17, 15) is 19.5 Å². The van der Waals surface area contributed by atoms with Gasteiger partial charge in [0.2, 0.25) is 0 Å². The van der Waals surface area contributed by atoms with Crippen molar-refractivity contribution in [2.45, 2.75) is 77.6 Å². The zero-order valence-electron chi connectivity index (χ0n) is 22.7. The van der Waals surface area contributed by atoms with Crippen molar-refractivity contribution in [3.05, 3.63) is 59.7 Å². The van der Waals surface area contributed by atoms with Crippen molar-refractivity contribution >= 4 is 17.8 Å². The largest absolute Gasteiger partial charge is 0.462 e. The van der Waals surface area contributed by atoms with Crippen molar-refractivity contribution in [3.8, 4) is 0 Å². The molecule has 0 aromatic heterocycles. The van der Waals surface area contributed by atoms with Gasteiger partial charge in [0.15, 0.2) is 0 Å². The summed E-state index contributed by atoms with van der Waals surface area (Å²) in [5, 5.41) is 13.1. The number of fused-ring (bicyclic) bond motifs is 1. The monoisotopic (exact) mass is 523 g/mol. The maximum absolute atomic E-state index is 12.9. The van der Waals surface area contributed by atoms with Gasteiger partial charge in [-0.3, -0.25) is 14.4 Å². The molecule has 1 heterocycles. The average molecular weight is 524 g/mol. The van der Waals surface area contributed by atoms with Crippen LogP contribution in [0.5, 0.6) is 0 Å². The first-order valence-electron chi connectivity index (χ1n) is 14.1. The first-order chi connectivity index (χ1) is 18.2. The number of aliphatic hydroxyl groups excluding tert-OH is 1. The molecule has 0 radical (unpaired) electrons. The van der Waals surface area contributed by atoms with E-state index in [-0.39, 0.29) is 66.1 Å². The summed E-state index contributed by atoms with van der Waals surface area (Å²) < 4.78 is 11.7. The van der Waals surface area contributed by atoms with Gasteiger partial charge in [0.1, 0.15) is 12.2 Å². The lowest BCUT2D eigenvalue weighted by Gasteiger charge is -2.44. The molecule has 1 amide bonds. The SMILES string of the molecule is CCC(C)C(=O)O[C@H]1C[C@H](CNC(=O)c2ccccc2)C=C2C=C[C@H](C)[C@H](CC[C@@H]3C[C@@H](O)CC(=O)O3)[C@H]21. The van der Waals surface area contributed by atoms with Crippen molar-refractivity contribution in [3.63, 3.8) is 0 Å². The molecule has 2 N–H and O–H groups in total. The van der Waals surface area contributed by atoms with Crippen molar-refractivity contribution in [1.29, 1.82) is 0 Å². The number of hydrogen-bond acceptors (Lipinski definition) is 6. The predicted molar refractivity (Wildman–Crippen MR) is 144 cm³/mol. The maximum Gasteiger partial charge on any atom is 0.308 e. The van der Waals surface area contributed by atoms with Crippen molar-refractivity contribution in [2.75, 3.05) is 6.54 Å². The highest BCUT2D eigenvalue weighted by atomic mass is 16.5. The number of carbonyl (C=O) groups is 3. The summed E-state index contributed by atoms with van der Waals surface area (Å²) in [6.07, 6.45) is 8.67. The Balaban J connectivity index is 1.50. The average Bonchev–Trinajstić information content (AvgIpc) is 2.90. The van der Waals surface area contributed by atoms with Crippen LogP contribution in [0.4, 0.5) is 0 Å². The fraction of sp³-hybridized carbons (Fsp3) is 0.581. The normalized spacial score (nSPS) is 31.4. The third-order valence-corrected chi connectivity index (χ3v) is 8.38. The van der Waals surface area contributed by atoms with Crippen LogP contribution >= 0.6 is 0 Å². The van der Waals surface area contributed by atoms with E-state index in [0.717, 1.165) is 12.0 Å². The molecule has 8 atom stereocenters. The van der Waals surface area contributed by atoms with Crippen LogP contribution in [-0.2, 0) is 19.1 Å². The van der Waals surface area contributed by atoms with Crippen molar-refractivity contribution < 1.29 is 29.0 Å². The van der Waals surface area contributed by atoms with E-state index in [4.69, 9.17) is 9.47 Å². The topological polar surface area (TPSA) is 102 Å². The van der Waals surface area contributed by atoms with E-state index in [1.807, 2.05) is 32.0 Å². The molecule has 1 unspecified atom stereocenters. The second-order valence-electron chi connectivity index (χ2n) is 11.2. The molecule has 1 fully saturated rings. The van der Waals surface area contributed by atoms with Gasteiger partial charge in [0.25, 0.3) is 5.91 Å². The number of carbonyl (C=O) groups excluding carboxylic acids is 3. The van der Waals surface area contributed by atoms with Crippen LogP contribution in [0.1, 0.15) is 69.7 Å². The molecule has 4 rings (SSSR count). The molecule has 0 bridgehead atoms. The summed E-state index contributed by atoms with van der Waals surface area (Å²) >= 11 is 0. The number of esters is 2. The fourth-order valence-corrected chi connectivity index (χ4v) is 6.00. The smallest absolute Gasteiger partial charge is 0.308 e. The van der Waals surface area contributed by atoms with Crippen molar-refractivity contribution in [1.82, 2.24) is 5.32 Å². The quantitative estimate of drug-likeness (QED) is 0.459. The van der Waals surface area contributed by atoms with Gasteiger partial charge in [0, 0.05) is 24.4 Å². The Bertz CT molecular complexity index is 1050. The van der Waals surface area contributed by atoms with Gasteiger partial charge in [-0.1, -0.05) is 57.2 Å². The predicted octanol–water partition coefficient (Wildman–Crippen LogP) is 4.61. The molecule has 7 heteroatoms. The minimum atomic E-state index is -0.647. The second kappa shape index (κ2) is 12.7. The van der Waals surface area contributed by atoms with Gasteiger partial charge in [-0.25, -0.2) is 0 Å². The van der Waals surface area contributed by atoms with E-state index in [1.165, 1.54) is 0 Å². The summed E-state index contributed by atoms with van der Waals surface area (Å²) in [5.74, 6) is -0.280. The molecule has 1 aromatic rings. The number of hydrogen-bond donors (Lipinski definition) is 2. The number of amides is 1. The lowest BCUT2D eigenvalue weighted by molar-refractivity contribution is -0.162. The zero-order valence-corrected chi connectivity index (χ0v) is 22.7. The maximum atomic E-state index is 12.9. The van der Waals surface area contributed by atoms with Crippen LogP contribution in [0.25, 0.3) is 0 Å². The molecule has 3 aliphatic rings. The van der Waals surface area contributed by atoms with Gasteiger partial charge in [-0.15, -0.1) is 0 Å². The molecule has 0 saturated carbocycles. The lowest BCUT2D eigenvalue weighted by atomic mass is 9.65. The second-order valence-corrected chi connectivity index (χ2v) is 11.2. The van der Waals surface area contributed by atoms with Crippen molar-refractivity contribution in [2.24, 2.45) is 29.6 Å². The molecule has 38 heavy (non-hydrogen) atoms. The van der Waals surface area contributed by atoms with E-state index in [0.29, 0.717) is 37.8 Å². The Morgan fingerprint density at radius 3 is 2.66 bits per heavy atom. The minimum absolute atomic E-state index is 0.0355. The number of benzene rings is 1. The van der Waals surface area contributed by atoms with Gasteiger partial charge in [-0.2, -0.15) is 0 Å². The standard InChI is InChI=1S/C31H41NO6/c1-4-19(2)31(36)38-27-15-21(18-32-30(35)22-8-6-5-7-9-22)14-23-11-10-20(3)26(29(23)27)13-12-25-16-24(33)17-28(34)37-25/h5-11,14,19-21,24-27,29,33H,4,12-13,15-18H2,1-3H3,(H,32,35)/t19?,20-,21+,24+,25+,26-,27-,29-/m0/s1.